The van der Waals surface area contributed by atoms with Gasteiger partial charge in [0.1, 0.15) is 17.5 Å². The number of hydrogen-bond acceptors (Lipinski definition) is 2. The van der Waals surface area contributed by atoms with E-state index in [9.17, 15) is 5.11 Å². The summed E-state index contributed by atoms with van der Waals surface area (Å²) in [6.45, 7) is 6.19. The van der Waals surface area contributed by atoms with E-state index in [0.717, 1.165) is 28.9 Å². The number of aryl methyl sites for hydroxylation is 1. The summed E-state index contributed by atoms with van der Waals surface area (Å²) >= 11 is 0. The standard InChI is InChI=1S/C18H20O2/c1-12-6-4-7-13(10-12)16(19)15-9-5-8-14-11-18(2,3)20-17(14)15/h4-10,16,19H,11H2,1-3H3. The van der Waals surface area contributed by atoms with Crippen LogP contribution in [0.4, 0.5) is 0 Å². The van der Waals surface area contributed by atoms with E-state index in [0.29, 0.717) is 0 Å². The van der Waals surface area contributed by atoms with Crippen molar-refractivity contribution in [3.63, 3.8) is 0 Å². The lowest BCUT2D eigenvalue weighted by molar-refractivity contribution is 0.131. The fourth-order valence-electron chi connectivity index (χ4n) is 2.87. The van der Waals surface area contributed by atoms with Crippen molar-refractivity contribution < 1.29 is 9.84 Å². The highest BCUT2D eigenvalue weighted by Crippen LogP contribution is 2.41. The Kier molecular flexibility index (Phi) is 3.06. The molecule has 1 atom stereocenters. The summed E-state index contributed by atoms with van der Waals surface area (Å²) in [5.41, 5.74) is 3.91. The fraction of sp³-hybridized carbons (Fsp3) is 0.333. The zero-order chi connectivity index (χ0) is 14.3. The molecule has 0 radical (unpaired) electrons. The van der Waals surface area contributed by atoms with Crippen LogP contribution in [0.1, 0.15) is 42.2 Å². The Morgan fingerprint density at radius 2 is 1.90 bits per heavy atom. The second-order valence-corrected chi connectivity index (χ2v) is 6.19. The summed E-state index contributed by atoms with van der Waals surface area (Å²) in [5, 5.41) is 10.7. The summed E-state index contributed by atoms with van der Waals surface area (Å²) in [4.78, 5) is 0. The van der Waals surface area contributed by atoms with Crippen LogP contribution in [0.25, 0.3) is 0 Å². The Bertz CT molecular complexity index is 644. The highest BCUT2D eigenvalue weighted by atomic mass is 16.5. The van der Waals surface area contributed by atoms with Crippen molar-refractivity contribution in [2.75, 3.05) is 0 Å². The largest absolute Gasteiger partial charge is 0.487 e. The molecule has 1 aliphatic heterocycles. The second-order valence-electron chi connectivity index (χ2n) is 6.19. The third-order valence-electron chi connectivity index (χ3n) is 3.77. The highest BCUT2D eigenvalue weighted by molar-refractivity contribution is 5.49. The molecule has 0 amide bonds. The van der Waals surface area contributed by atoms with Crippen molar-refractivity contribution in [2.24, 2.45) is 0 Å². The Morgan fingerprint density at radius 3 is 2.65 bits per heavy atom. The third-order valence-corrected chi connectivity index (χ3v) is 3.77. The van der Waals surface area contributed by atoms with Gasteiger partial charge in [-0.25, -0.2) is 0 Å². The number of hydrogen-bond donors (Lipinski definition) is 1. The van der Waals surface area contributed by atoms with Crippen molar-refractivity contribution in [3.8, 4) is 5.75 Å². The molecule has 2 nitrogen and oxygen atoms in total. The van der Waals surface area contributed by atoms with Crippen molar-refractivity contribution >= 4 is 0 Å². The molecule has 2 heteroatoms. The van der Waals surface area contributed by atoms with Gasteiger partial charge in [0.2, 0.25) is 0 Å². The lowest BCUT2D eigenvalue weighted by Gasteiger charge is -2.20. The van der Waals surface area contributed by atoms with Crippen LogP contribution in [0.5, 0.6) is 5.75 Å². The van der Waals surface area contributed by atoms with Crippen LogP contribution in [0.3, 0.4) is 0 Å². The van der Waals surface area contributed by atoms with Crippen molar-refractivity contribution in [1.29, 1.82) is 0 Å². The Balaban J connectivity index is 2.02. The minimum absolute atomic E-state index is 0.190. The van der Waals surface area contributed by atoms with Gasteiger partial charge < -0.3 is 9.84 Å². The Morgan fingerprint density at radius 1 is 1.15 bits per heavy atom. The predicted molar refractivity (Wildman–Crippen MR) is 80.1 cm³/mol. The molecule has 0 aromatic heterocycles. The van der Waals surface area contributed by atoms with E-state index in [2.05, 4.69) is 19.9 Å². The Labute approximate surface area is 120 Å². The first-order valence-electron chi connectivity index (χ1n) is 7.02. The molecule has 2 aromatic carbocycles. The van der Waals surface area contributed by atoms with Crippen molar-refractivity contribution in [1.82, 2.24) is 0 Å². The van der Waals surface area contributed by atoms with E-state index in [1.165, 1.54) is 5.56 Å². The highest BCUT2D eigenvalue weighted by Gasteiger charge is 2.33. The average molecular weight is 268 g/mol. The van der Waals surface area contributed by atoms with Crippen LogP contribution in [-0.4, -0.2) is 10.7 Å². The minimum atomic E-state index is -0.640. The van der Waals surface area contributed by atoms with E-state index >= 15 is 0 Å². The molecular formula is C18H20O2. The summed E-state index contributed by atoms with van der Waals surface area (Å²) in [6, 6.07) is 14.0. The maximum Gasteiger partial charge on any atom is 0.129 e. The van der Waals surface area contributed by atoms with Crippen LogP contribution < -0.4 is 4.74 Å². The van der Waals surface area contributed by atoms with Gasteiger partial charge in [0.15, 0.2) is 0 Å². The van der Waals surface area contributed by atoms with Crippen molar-refractivity contribution in [3.05, 3.63) is 64.7 Å². The first kappa shape index (κ1) is 13.2. The van der Waals surface area contributed by atoms with Gasteiger partial charge in [-0.15, -0.1) is 0 Å². The quantitative estimate of drug-likeness (QED) is 0.898. The van der Waals surface area contributed by atoms with Gasteiger partial charge in [0.05, 0.1) is 0 Å². The molecular weight excluding hydrogens is 248 g/mol. The summed E-state index contributed by atoms with van der Waals surface area (Å²) in [6.07, 6.45) is 0.246. The van der Waals surface area contributed by atoms with Crippen molar-refractivity contribution in [2.45, 2.75) is 38.9 Å². The van der Waals surface area contributed by atoms with E-state index in [-0.39, 0.29) is 5.60 Å². The van der Waals surface area contributed by atoms with Crippen LogP contribution in [-0.2, 0) is 6.42 Å². The molecule has 1 aliphatic rings. The molecule has 1 N–H and O–H groups in total. The molecule has 0 fully saturated rings. The number of aliphatic hydroxyl groups is 1. The zero-order valence-electron chi connectivity index (χ0n) is 12.2. The van der Waals surface area contributed by atoms with Crippen LogP contribution in [0.2, 0.25) is 0 Å². The van der Waals surface area contributed by atoms with Gasteiger partial charge in [0, 0.05) is 12.0 Å². The van der Waals surface area contributed by atoms with Gasteiger partial charge in [-0.3, -0.25) is 0 Å². The normalized spacial score (nSPS) is 17.4. The second kappa shape index (κ2) is 4.64. The third kappa shape index (κ3) is 2.32. The summed E-state index contributed by atoms with van der Waals surface area (Å²) < 4.78 is 6.04. The average Bonchev–Trinajstić information content (AvgIpc) is 2.71. The number of fused-ring (bicyclic) bond motifs is 1. The molecule has 3 rings (SSSR count). The van der Waals surface area contributed by atoms with Crippen LogP contribution in [0, 0.1) is 6.92 Å². The monoisotopic (exact) mass is 268 g/mol. The molecule has 0 saturated heterocycles. The SMILES string of the molecule is Cc1cccc(C(O)c2cccc3c2OC(C)(C)C3)c1. The first-order chi connectivity index (χ1) is 9.46. The molecule has 2 aromatic rings. The predicted octanol–water partition coefficient (Wildman–Crippen LogP) is 3.79. The maximum absolute atomic E-state index is 10.7. The fourth-order valence-corrected chi connectivity index (χ4v) is 2.87. The summed E-state index contributed by atoms with van der Waals surface area (Å²) in [5.74, 6) is 0.853. The number of ether oxygens (including phenoxy) is 1. The van der Waals surface area contributed by atoms with E-state index < -0.39 is 6.10 Å². The lowest BCUT2D eigenvalue weighted by Crippen LogP contribution is -2.25. The minimum Gasteiger partial charge on any atom is -0.487 e. The molecule has 1 heterocycles. The van der Waals surface area contributed by atoms with Crippen LogP contribution >= 0.6 is 0 Å². The number of benzene rings is 2. The number of aliphatic hydroxyl groups excluding tert-OH is 1. The van der Waals surface area contributed by atoms with Gasteiger partial charge in [-0.1, -0.05) is 48.0 Å². The van der Waals surface area contributed by atoms with Gasteiger partial charge in [0.25, 0.3) is 0 Å². The molecule has 0 spiro atoms. The Hall–Kier alpha value is -1.80. The van der Waals surface area contributed by atoms with E-state index in [1.54, 1.807) is 0 Å². The van der Waals surface area contributed by atoms with E-state index in [1.807, 2.05) is 43.3 Å². The number of para-hydroxylation sites is 1. The lowest BCUT2D eigenvalue weighted by atomic mass is 9.96. The smallest absolute Gasteiger partial charge is 0.129 e. The topological polar surface area (TPSA) is 29.5 Å². The van der Waals surface area contributed by atoms with Crippen LogP contribution in [0.15, 0.2) is 42.5 Å². The molecule has 0 bridgehead atoms. The molecule has 1 unspecified atom stereocenters. The number of rotatable bonds is 2. The van der Waals surface area contributed by atoms with Gasteiger partial charge in [-0.05, 0) is 31.9 Å². The van der Waals surface area contributed by atoms with Gasteiger partial charge >= 0.3 is 0 Å². The maximum atomic E-state index is 10.7. The van der Waals surface area contributed by atoms with E-state index in [4.69, 9.17) is 4.74 Å². The molecule has 20 heavy (non-hydrogen) atoms. The van der Waals surface area contributed by atoms with Gasteiger partial charge in [-0.2, -0.15) is 0 Å². The molecule has 0 aliphatic carbocycles. The molecule has 104 valence electrons. The zero-order valence-corrected chi connectivity index (χ0v) is 12.2. The molecule has 0 saturated carbocycles. The first-order valence-corrected chi connectivity index (χ1v) is 7.02. The summed E-state index contributed by atoms with van der Waals surface area (Å²) in [7, 11) is 0.